The first-order chi connectivity index (χ1) is 8.24. The fourth-order valence-corrected chi connectivity index (χ4v) is 2.98. The third-order valence-corrected chi connectivity index (χ3v) is 3.84. The van der Waals surface area contributed by atoms with Crippen molar-refractivity contribution in [2.45, 2.75) is 51.6 Å². The first-order valence-electron chi connectivity index (χ1n) is 6.85. The molecule has 1 aliphatic rings. The van der Waals surface area contributed by atoms with Gasteiger partial charge in [0.05, 0.1) is 0 Å². The Morgan fingerprint density at radius 1 is 1.29 bits per heavy atom. The van der Waals surface area contributed by atoms with Gasteiger partial charge in [0.1, 0.15) is 0 Å². The Kier molecular flexibility index (Phi) is 4.06. The van der Waals surface area contributed by atoms with Gasteiger partial charge in [-0.1, -0.05) is 31.0 Å². The monoisotopic (exact) mass is 232 g/mol. The maximum absolute atomic E-state index is 6.08. The van der Waals surface area contributed by atoms with Gasteiger partial charge in [0, 0.05) is 24.3 Å². The number of hydrogen-bond acceptors (Lipinski definition) is 2. The van der Waals surface area contributed by atoms with Gasteiger partial charge in [-0.15, -0.1) is 0 Å². The molecule has 0 radical (unpaired) electrons. The van der Waals surface area contributed by atoms with Gasteiger partial charge in [0.15, 0.2) is 0 Å². The smallest absolute Gasteiger partial charge is 0.0416 e. The van der Waals surface area contributed by atoms with Crippen LogP contribution in [0.1, 0.15) is 51.1 Å². The number of hydrogen-bond donors (Lipinski definition) is 1. The molecule has 17 heavy (non-hydrogen) atoms. The highest BCUT2D eigenvalue weighted by Crippen LogP contribution is 2.32. The van der Waals surface area contributed by atoms with Crippen molar-refractivity contribution in [1.29, 1.82) is 0 Å². The van der Waals surface area contributed by atoms with Crippen LogP contribution in [0.5, 0.6) is 0 Å². The van der Waals surface area contributed by atoms with Crippen molar-refractivity contribution in [1.82, 2.24) is 0 Å². The lowest BCUT2D eigenvalue weighted by Gasteiger charge is -2.32. The third-order valence-electron chi connectivity index (χ3n) is 3.84. The number of anilines is 1. The van der Waals surface area contributed by atoms with E-state index in [1.54, 1.807) is 0 Å². The van der Waals surface area contributed by atoms with E-state index in [0.717, 1.165) is 12.6 Å². The van der Waals surface area contributed by atoms with Gasteiger partial charge in [-0.2, -0.15) is 0 Å². The summed E-state index contributed by atoms with van der Waals surface area (Å²) in [5.41, 5.74) is 8.70. The largest absolute Gasteiger partial charge is 0.369 e. The van der Waals surface area contributed by atoms with Crippen LogP contribution in [-0.4, -0.2) is 12.6 Å². The highest BCUT2D eigenvalue weighted by Gasteiger charge is 2.23. The molecule has 94 valence electrons. The number of benzene rings is 1. The minimum atomic E-state index is 0.113. The Morgan fingerprint density at radius 2 is 1.94 bits per heavy atom. The molecule has 0 bridgehead atoms. The van der Waals surface area contributed by atoms with E-state index >= 15 is 0 Å². The molecule has 0 spiro atoms. The summed E-state index contributed by atoms with van der Waals surface area (Å²) in [6.07, 6.45) is 5.42. The van der Waals surface area contributed by atoms with Gasteiger partial charge in [-0.05, 0) is 38.3 Å². The van der Waals surface area contributed by atoms with Gasteiger partial charge in [0.2, 0.25) is 0 Å². The lowest BCUT2D eigenvalue weighted by Crippen LogP contribution is -2.34. The van der Waals surface area contributed by atoms with Crippen molar-refractivity contribution in [3.63, 3.8) is 0 Å². The predicted octanol–water partition coefficient (Wildman–Crippen LogP) is 3.48. The van der Waals surface area contributed by atoms with E-state index in [0.29, 0.717) is 0 Å². The summed E-state index contributed by atoms with van der Waals surface area (Å²) in [7, 11) is 0. The molecular weight excluding hydrogens is 208 g/mol. The molecule has 1 saturated carbocycles. The molecule has 1 aromatic carbocycles. The second-order valence-corrected chi connectivity index (χ2v) is 5.07. The van der Waals surface area contributed by atoms with E-state index in [4.69, 9.17) is 5.73 Å². The van der Waals surface area contributed by atoms with Crippen LogP contribution < -0.4 is 10.6 Å². The van der Waals surface area contributed by atoms with Gasteiger partial charge in [-0.25, -0.2) is 0 Å². The van der Waals surface area contributed by atoms with Crippen LogP contribution in [0, 0.1) is 0 Å². The molecule has 2 N–H and O–H groups in total. The molecule has 1 atom stereocenters. The molecule has 0 amide bonds. The molecule has 0 heterocycles. The van der Waals surface area contributed by atoms with E-state index in [1.165, 1.54) is 36.9 Å². The first kappa shape index (κ1) is 12.4. The number of rotatable bonds is 4. The maximum Gasteiger partial charge on any atom is 0.0416 e. The van der Waals surface area contributed by atoms with Crippen LogP contribution in [0.3, 0.4) is 0 Å². The zero-order valence-corrected chi connectivity index (χ0v) is 11.0. The summed E-state index contributed by atoms with van der Waals surface area (Å²) in [6, 6.07) is 9.43. The second-order valence-electron chi connectivity index (χ2n) is 5.07. The molecule has 0 aromatic heterocycles. The van der Waals surface area contributed by atoms with E-state index in [1.807, 2.05) is 0 Å². The molecule has 0 saturated heterocycles. The molecule has 1 aromatic rings. The topological polar surface area (TPSA) is 29.3 Å². The quantitative estimate of drug-likeness (QED) is 0.861. The lowest BCUT2D eigenvalue weighted by atomic mass is 10.0. The second kappa shape index (κ2) is 5.54. The van der Waals surface area contributed by atoms with Crippen molar-refractivity contribution < 1.29 is 0 Å². The molecule has 1 fully saturated rings. The highest BCUT2D eigenvalue weighted by molar-refractivity contribution is 5.55. The Labute approximate surface area is 105 Å². The summed E-state index contributed by atoms with van der Waals surface area (Å²) in [5.74, 6) is 0. The molecular formula is C15H24N2. The van der Waals surface area contributed by atoms with E-state index in [9.17, 15) is 0 Å². The zero-order valence-electron chi connectivity index (χ0n) is 11.0. The van der Waals surface area contributed by atoms with Crippen LogP contribution in [0.2, 0.25) is 0 Å². The number of nitrogens with zero attached hydrogens (tertiary/aromatic N) is 1. The summed E-state index contributed by atoms with van der Waals surface area (Å²) in [4.78, 5) is 2.55. The van der Waals surface area contributed by atoms with Crippen molar-refractivity contribution in [2.24, 2.45) is 5.73 Å². The highest BCUT2D eigenvalue weighted by atomic mass is 15.2. The Morgan fingerprint density at radius 3 is 2.53 bits per heavy atom. The lowest BCUT2D eigenvalue weighted by molar-refractivity contribution is 0.614. The van der Waals surface area contributed by atoms with Gasteiger partial charge in [0.25, 0.3) is 0 Å². The summed E-state index contributed by atoms with van der Waals surface area (Å²) in [6.45, 7) is 5.39. The fraction of sp³-hybridized carbons (Fsp3) is 0.600. The van der Waals surface area contributed by atoms with Crippen LogP contribution >= 0.6 is 0 Å². The van der Waals surface area contributed by atoms with Crippen LogP contribution in [0.25, 0.3) is 0 Å². The summed E-state index contributed by atoms with van der Waals surface area (Å²) >= 11 is 0. The average molecular weight is 232 g/mol. The average Bonchev–Trinajstić information content (AvgIpc) is 2.84. The number of para-hydroxylation sites is 1. The summed E-state index contributed by atoms with van der Waals surface area (Å²) in [5, 5.41) is 0. The van der Waals surface area contributed by atoms with Crippen molar-refractivity contribution in [3.05, 3.63) is 29.8 Å². The first-order valence-corrected chi connectivity index (χ1v) is 6.85. The minimum Gasteiger partial charge on any atom is -0.369 e. The van der Waals surface area contributed by atoms with Gasteiger partial charge in [-0.3, -0.25) is 0 Å². The Balaban J connectivity index is 2.29. The Bertz CT molecular complexity index is 354. The predicted molar refractivity (Wildman–Crippen MR) is 74.3 cm³/mol. The SMILES string of the molecule is CCN(c1ccccc1[C@H](C)N)C1CCCC1. The normalized spacial score (nSPS) is 18.3. The van der Waals surface area contributed by atoms with Crippen LogP contribution in [0.15, 0.2) is 24.3 Å². The molecule has 0 unspecified atom stereocenters. The minimum absolute atomic E-state index is 0.113. The summed E-state index contributed by atoms with van der Waals surface area (Å²) < 4.78 is 0. The molecule has 2 nitrogen and oxygen atoms in total. The molecule has 1 aliphatic carbocycles. The standard InChI is InChI=1S/C15H24N2/c1-3-17(13-8-4-5-9-13)15-11-7-6-10-14(15)12(2)16/h6-7,10-13H,3-5,8-9,16H2,1-2H3/t12-/m0/s1. The maximum atomic E-state index is 6.08. The van der Waals surface area contributed by atoms with E-state index in [-0.39, 0.29) is 6.04 Å². The van der Waals surface area contributed by atoms with Crippen molar-refractivity contribution >= 4 is 5.69 Å². The van der Waals surface area contributed by atoms with Crippen LogP contribution in [-0.2, 0) is 0 Å². The fourth-order valence-electron chi connectivity index (χ4n) is 2.98. The Hall–Kier alpha value is -1.02. The molecule has 0 aliphatic heterocycles. The van der Waals surface area contributed by atoms with E-state index in [2.05, 4.69) is 43.0 Å². The zero-order chi connectivity index (χ0) is 12.3. The van der Waals surface area contributed by atoms with Crippen molar-refractivity contribution in [3.8, 4) is 0 Å². The van der Waals surface area contributed by atoms with E-state index < -0.39 is 0 Å². The molecule has 2 rings (SSSR count). The molecule has 2 heteroatoms. The van der Waals surface area contributed by atoms with Crippen molar-refractivity contribution in [2.75, 3.05) is 11.4 Å². The van der Waals surface area contributed by atoms with Gasteiger partial charge >= 0.3 is 0 Å². The van der Waals surface area contributed by atoms with Gasteiger partial charge < -0.3 is 10.6 Å². The van der Waals surface area contributed by atoms with Crippen LogP contribution in [0.4, 0.5) is 5.69 Å². The third kappa shape index (κ3) is 2.63. The number of nitrogens with two attached hydrogens (primary N) is 1.